The van der Waals surface area contributed by atoms with Gasteiger partial charge in [-0.1, -0.05) is 0 Å². The molecular formula is C7H7ClF2N2O. The summed E-state index contributed by atoms with van der Waals surface area (Å²) in [4.78, 5) is 13.1. The molecule has 0 aliphatic carbocycles. The fourth-order valence-electron chi connectivity index (χ4n) is 0.886. The van der Waals surface area contributed by atoms with Crippen LogP contribution in [0.3, 0.4) is 0 Å². The summed E-state index contributed by atoms with van der Waals surface area (Å²) in [6, 6.07) is 1.02. The van der Waals surface area contributed by atoms with E-state index < -0.39 is 17.5 Å². The molecule has 1 rings (SSSR count). The van der Waals surface area contributed by atoms with Crippen LogP contribution >= 0.6 is 11.6 Å². The van der Waals surface area contributed by atoms with Gasteiger partial charge >= 0.3 is 0 Å². The van der Waals surface area contributed by atoms with E-state index in [0.29, 0.717) is 0 Å². The molecule has 0 aliphatic rings. The number of aromatic nitrogens is 1. The summed E-state index contributed by atoms with van der Waals surface area (Å²) < 4.78 is 24.5. The summed E-state index contributed by atoms with van der Waals surface area (Å²) in [5.41, 5.74) is 4.33. The van der Waals surface area contributed by atoms with Crippen LogP contribution in [-0.2, 0) is 5.88 Å². The SMILES string of the molecule is Nc1[nH]c(=O)c(CCl)cc1C(F)F. The lowest BCUT2D eigenvalue weighted by Gasteiger charge is -2.04. The van der Waals surface area contributed by atoms with Gasteiger partial charge in [0.2, 0.25) is 0 Å². The van der Waals surface area contributed by atoms with Crippen molar-refractivity contribution in [3.63, 3.8) is 0 Å². The average molecular weight is 209 g/mol. The van der Waals surface area contributed by atoms with Crippen molar-refractivity contribution < 1.29 is 8.78 Å². The minimum Gasteiger partial charge on any atom is -0.385 e. The van der Waals surface area contributed by atoms with Crippen molar-refractivity contribution >= 4 is 17.4 Å². The number of nitrogen functional groups attached to an aromatic ring is 1. The topological polar surface area (TPSA) is 58.9 Å². The predicted octanol–water partition coefficient (Wildman–Crippen LogP) is 1.63. The minimum atomic E-state index is -2.71. The second kappa shape index (κ2) is 3.74. The van der Waals surface area contributed by atoms with E-state index >= 15 is 0 Å². The molecule has 0 aromatic carbocycles. The van der Waals surface area contributed by atoms with E-state index in [-0.39, 0.29) is 17.3 Å². The Morgan fingerprint density at radius 3 is 2.69 bits per heavy atom. The molecule has 1 aromatic heterocycles. The third kappa shape index (κ3) is 1.98. The zero-order valence-corrected chi connectivity index (χ0v) is 7.24. The molecule has 3 N–H and O–H groups in total. The first kappa shape index (κ1) is 9.98. The van der Waals surface area contributed by atoms with Gasteiger partial charge in [-0.25, -0.2) is 8.78 Å². The maximum Gasteiger partial charge on any atom is 0.267 e. The van der Waals surface area contributed by atoms with Gasteiger partial charge in [0.05, 0.1) is 11.4 Å². The van der Waals surface area contributed by atoms with Gasteiger partial charge in [0.25, 0.3) is 12.0 Å². The van der Waals surface area contributed by atoms with Crippen molar-refractivity contribution in [2.24, 2.45) is 0 Å². The standard InChI is InChI=1S/C7H7ClF2N2O/c8-2-3-1-4(5(9)10)6(11)12-7(3)13/h1,5H,2H2,(H3,11,12,13). The van der Waals surface area contributed by atoms with Gasteiger partial charge in [0.1, 0.15) is 5.82 Å². The lowest BCUT2D eigenvalue weighted by molar-refractivity contribution is 0.152. The Hall–Kier alpha value is -1.10. The van der Waals surface area contributed by atoms with E-state index in [0.717, 1.165) is 6.07 Å². The first-order valence-corrected chi connectivity index (χ1v) is 3.95. The number of pyridine rings is 1. The molecule has 0 fully saturated rings. The van der Waals surface area contributed by atoms with Gasteiger partial charge < -0.3 is 10.7 Å². The van der Waals surface area contributed by atoms with Crippen LogP contribution < -0.4 is 11.3 Å². The summed E-state index contributed by atoms with van der Waals surface area (Å²) in [5.74, 6) is -0.427. The maximum atomic E-state index is 12.2. The van der Waals surface area contributed by atoms with E-state index in [1.54, 1.807) is 0 Å². The minimum absolute atomic E-state index is 0.0890. The van der Waals surface area contributed by atoms with Crippen LogP contribution in [0.25, 0.3) is 0 Å². The summed E-state index contributed by atoms with van der Waals surface area (Å²) >= 11 is 5.36. The van der Waals surface area contributed by atoms with Crippen LogP contribution in [0.5, 0.6) is 0 Å². The molecule has 72 valence electrons. The van der Waals surface area contributed by atoms with Crippen LogP contribution in [0, 0.1) is 0 Å². The number of hydrogen-bond donors (Lipinski definition) is 2. The van der Waals surface area contributed by atoms with Crippen molar-refractivity contribution in [2.45, 2.75) is 12.3 Å². The monoisotopic (exact) mass is 208 g/mol. The molecule has 13 heavy (non-hydrogen) atoms. The molecule has 0 spiro atoms. The van der Waals surface area contributed by atoms with Crippen molar-refractivity contribution in [1.82, 2.24) is 4.98 Å². The van der Waals surface area contributed by atoms with Crippen LogP contribution in [-0.4, -0.2) is 4.98 Å². The number of rotatable bonds is 2. The fraction of sp³-hybridized carbons (Fsp3) is 0.286. The lowest BCUT2D eigenvalue weighted by atomic mass is 10.2. The summed E-state index contributed by atoms with van der Waals surface area (Å²) in [6.07, 6.45) is -2.71. The molecule has 3 nitrogen and oxygen atoms in total. The largest absolute Gasteiger partial charge is 0.385 e. The smallest absolute Gasteiger partial charge is 0.267 e. The number of hydrogen-bond acceptors (Lipinski definition) is 2. The van der Waals surface area contributed by atoms with Crippen LogP contribution in [0.1, 0.15) is 17.6 Å². The Kier molecular flexibility index (Phi) is 2.87. The summed E-state index contributed by atoms with van der Waals surface area (Å²) in [6.45, 7) is 0. The van der Waals surface area contributed by atoms with Crippen LogP contribution in [0.2, 0.25) is 0 Å². The summed E-state index contributed by atoms with van der Waals surface area (Å²) in [5, 5.41) is 0. The molecule has 0 aliphatic heterocycles. The highest BCUT2D eigenvalue weighted by Gasteiger charge is 2.13. The van der Waals surface area contributed by atoms with Crippen molar-refractivity contribution in [3.05, 3.63) is 27.5 Å². The molecule has 0 saturated heterocycles. The Morgan fingerprint density at radius 1 is 1.62 bits per heavy atom. The fourth-order valence-corrected chi connectivity index (χ4v) is 1.08. The molecule has 0 atom stereocenters. The predicted molar refractivity (Wildman–Crippen MR) is 46.0 cm³/mol. The molecular weight excluding hydrogens is 202 g/mol. The van der Waals surface area contributed by atoms with Gasteiger partial charge in [-0.3, -0.25) is 4.79 Å². The number of aromatic amines is 1. The number of alkyl halides is 3. The first-order chi connectivity index (χ1) is 6.06. The Balaban J connectivity index is 3.31. The first-order valence-electron chi connectivity index (χ1n) is 3.42. The van der Waals surface area contributed by atoms with E-state index in [1.165, 1.54) is 0 Å². The molecule has 1 aromatic rings. The van der Waals surface area contributed by atoms with Gasteiger partial charge in [0.15, 0.2) is 0 Å². The second-order valence-corrected chi connectivity index (χ2v) is 2.69. The second-order valence-electron chi connectivity index (χ2n) is 2.43. The Labute approximate surface area is 77.5 Å². The van der Waals surface area contributed by atoms with Crippen LogP contribution in [0.15, 0.2) is 10.9 Å². The molecule has 0 unspecified atom stereocenters. The van der Waals surface area contributed by atoms with E-state index in [4.69, 9.17) is 17.3 Å². The number of nitrogens with one attached hydrogen (secondary N) is 1. The highest BCUT2D eigenvalue weighted by atomic mass is 35.5. The highest BCUT2D eigenvalue weighted by Crippen LogP contribution is 2.22. The van der Waals surface area contributed by atoms with E-state index in [9.17, 15) is 13.6 Å². The zero-order valence-electron chi connectivity index (χ0n) is 6.48. The van der Waals surface area contributed by atoms with Crippen LogP contribution in [0.4, 0.5) is 14.6 Å². The van der Waals surface area contributed by atoms with Crippen molar-refractivity contribution in [2.75, 3.05) is 5.73 Å². The normalized spacial score (nSPS) is 10.8. The highest BCUT2D eigenvalue weighted by molar-refractivity contribution is 6.17. The van der Waals surface area contributed by atoms with Crippen molar-refractivity contribution in [1.29, 1.82) is 0 Å². The quantitative estimate of drug-likeness (QED) is 0.726. The number of anilines is 1. The van der Waals surface area contributed by atoms with Crippen molar-refractivity contribution in [3.8, 4) is 0 Å². The molecule has 6 heteroatoms. The third-order valence-electron chi connectivity index (χ3n) is 1.56. The molecule has 0 amide bonds. The number of H-pyrrole nitrogens is 1. The summed E-state index contributed by atoms with van der Waals surface area (Å²) in [7, 11) is 0. The Morgan fingerprint density at radius 2 is 2.23 bits per heavy atom. The van der Waals surface area contributed by atoms with E-state index in [1.807, 2.05) is 0 Å². The van der Waals surface area contributed by atoms with Gasteiger partial charge in [-0.05, 0) is 6.07 Å². The number of nitrogens with two attached hydrogens (primary N) is 1. The Bertz CT molecular complexity index is 364. The molecule has 0 bridgehead atoms. The lowest BCUT2D eigenvalue weighted by Crippen LogP contribution is -2.15. The molecule has 0 saturated carbocycles. The van der Waals surface area contributed by atoms with Gasteiger partial charge in [-0.2, -0.15) is 0 Å². The van der Waals surface area contributed by atoms with E-state index in [2.05, 4.69) is 4.98 Å². The van der Waals surface area contributed by atoms with Gasteiger partial charge in [0, 0.05) is 5.56 Å². The number of halogens is 3. The third-order valence-corrected chi connectivity index (χ3v) is 1.85. The average Bonchev–Trinajstić information content (AvgIpc) is 2.03. The van der Waals surface area contributed by atoms with Gasteiger partial charge in [-0.15, -0.1) is 11.6 Å². The maximum absolute atomic E-state index is 12.2. The molecule has 1 heterocycles. The molecule has 0 radical (unpaired) electrons. The zero-order chi connectivity index (χ0) is 10.0.